The zero-order chi connectivity index (χ0) is 11.7. The molecule has 2 rings (SSSR count). The fourth-order valence-corrected chi connectivity index (χ4v) is 1.89. The third-order valence-corrected chi connectivity index (χ3v) is 2.79. The molecule has 1 N–H and O–H groups in total. The molecule has 1 amide bonds. The third kappa shape index (κ3) is 2.07. The molecule has 1 aliphatic rings. The van der Waals surface area contributed by atoms with E-state index in [0.29, 0.717) is 18.7 Å². The fraction of sp³-hybridized carbons (Fsp3) is 0.417. The van der Waals surface area contributed by atoms with E-state index in [2.05, 4.69) is 0 Å². The summed E-state index contributed by atoms with van der Waals surface area (Å²) in [6, 6.07) is 4.32. The first-order valence-electron chi connectivity index (χ1n) is 5.27. The molecule has 16 heavy (non-hydrogen) atoms. The Kier molecular flexibility index (Phi) is 2.92. The molecule has 1 aromatic carbocycles. The monoisotopic (exact) mass is 223 g/mol. The Bertz CT molecular complexity index is 393. The van der Waals surface area contributed by atoms with Gasteiger partial charge in [0.15, 0.2) is 0 Å². The zero-order valence-electron chi connectivity index (χ0n) is 9.11. The lowest BCUT2D eigenvalue weighted by molar-refractivity contribution is 0.0361. The van der Waals surface area contributed by atoms with Gasteiger partial charge in [0.25, 0.3) is 5.91 Å². The minimum Gasteiger partial charge on any atom is -0.396 e. The lowest BCUT2D eigenvalue weighted by atomic mass is 9.99. The largest absolute Gasteiger partial charge is 0.396 e. The molecule has 1 fully saturated rings. The minimum absolute atomic E-state index is 0.103. The standard InChI is InChI=1S/C12H14FNO2/c1-8-2-10(4-11(13)3-8)12(16)14-5-9(6-14)7-15/h2-4,9,15H,5-7H2,1H3. The van der Waals surface area contributed by atoms with Gasteiger partial charge in [-0.15, -0.1) is 0 Å². The van der Waals surface area contributed by atoms with E-state index in [9.17, 15) is 9.18 Å². The molecule has 4 heteroatoms. The van der Waals surface area contributed by atoms with E-state index in [1.54, 1.807) is 17.9 Å². The first-order valence-corrected chi connectivity index (χ1v) is 5.27. The summed E-state index contributed by atoms with van der Waals surface area (Å²) in [5.74, 6) is -0.367. The van der Waals surface area contributed by atoms with Gasteiger partial charge in [-0.05, 0) is 30.7 Å². The molecule has 1 saturated heterocycles. The van der Waals surface area contributed by atoms with Crippen molar-refractivity contribution in [2.45, 2.75) is 6.92 Å². The number of hydrogen-bond acceptors (Lipinski definition) is 2. The summed E-state index contributed by atoms with van der Waals surface area (Å²) in [7, 11) is 0. The van der Waals surface area contributed by atoms with Crippen LogP contribution in [-0.4, -0.2) is 35.6 Å². The van der Waals surface area contributed by atoms with Crippen molar-refractivity contribution in [3.05, 3.63) is 35.1 Å². The van der Waals surface area contributed by atoms with Gasteiger partial charge in [-0.2, -0.15) is 0 Å². The van der Waals surface area contributed by atoms with Crippen molar-refractivity contribution in [2.75, 3.05) is 19.7 Å². The third-order valence-electron chi connectivity index (χ3n) is 2.79. The van der Waals surface area contributed by atoms with Crippen LogP contribution in [0.3, 0.4) is 0 Å². The number of rotatable bonds is 2. The topological polar surface area (TPSA) is 40.5 Å². The van der Waals surface area contributed by atoms with Crippen LogP contribution in [0, 0.1) is 18.7 Å². The number of aliphatic hydroxyl groups excluding tert-OH is 1. The minimum atomic E-state index is -0.386. The van der Waals surface area contributed by atoms with Crippen molar-refractivity contribution in [2.24, 2.45) is 5.92 Å². The number of aliphatic hydroxyl groups is 1. The van der Waals surface area contributed by atoms with E-state index in [1.165, 1.54) is 12.1 Å². The molecule has 0 atom stereocenters. The Morgan fingerprint density at radius 3 is 2.75 bits per heavy atom. The van der Waals surface area contributed by atoms with Crippen molar-refractivity contribution >= 4 is 5.91 Å². The molecular weight excluding hydrogens is 209 g/mol. The maximum atomic E-state index is 13.1. The molecule has 1 aliphatic heterocycles. The van der Waals surface area contributed by atoms with Gasteiger partial charge in [0, 0.05) is 31.2 Å². The number of likely N-dealkylation sites (tertiary alicyclic amines) is 1. The molecule has 0 bridgehead atoms. The van der Waals surface area contributed by atoms with Crippen LogP contribution in [-0.2, 0) is 0 Å². The summed E-state index contributed by atoms with van der Waals surface area (Å²) in [6.45, 7) is 2.98. The molecular formula is C12H14FNO2. The average molecular weight is 223 g/mol. The number of hydrogen-bond donors (Lipinski definition) is 1. The second kappa shape index (κ2) is 4.22. The molecule has 0 unspecified atom stereocenters. The average Bonchev–Trinajstić information content (AvgIpc) is 2.14. The first kappa shape index (κ1) is 11.1. The molecule has 0 radical (unpaired) electrons. The Morgan fingerprint density at radius 1 is 1.50 bits per heavy atom. The van der Waals surface area contributed by atoms with Crippen LogP contribution in [0.15, 0.2) is 18.2 Å². The first-order chi connectivity index (χ1) is 7.60. The summed E-state index contributed by atoms with van der Waals surface area (Å²) >= 11 is 0. The van der Waals surface area contributed by atoms with E-state index >= 15 is 0 Å². The number of aryl methyl sites for hydroxylation is 1. The van der Waals surface area contributed by atoms with Crippen LogP contribution >= 0.6 is 0 Å². The highest BCUT2D eigenvalue weighted by molar-refractivity contribution is 5.94. The highest BCUT2D eigenvalue weighted by atomic mass is 19.1. The fourth-order valence-electron chi connectivity index (χ4n) is 1.89. The summed E-state index contributed by atoms with van der Waals surface area (Å²) in [5, 5.41) is 8.85. The second-order valence-corrected chi connectivity index (χ2v) is 4.28. The van der Waals surface area contributed by atoms with Gasteiger partial charge in [-0.25, -0.2) is 4.39 Å². The Balaban J connectivity index is 2.10. The smallest absolute Gasteiger partial charge is 0.253 e. The van der Waals surface area contributed by atoms with Crippen LogP contribution in [0.4, 0.5) is 4.39 Å². The number of halogens is 1. The number of carbonyl (C=O) groups is 1. The molecule has 0 aromatic heterocycles. The van der Waals surface area contributed by atoms with E-state index in [-0.39, 0.29) is 24.2 Å². The number of nitrogens with zero attached hydrogens (tertiary/aromatic N) is 1. The van der Waals surface area contributed by atoms with Gasteiger partial charge in [-0.3, -0.25) is 4.79 Å². The Hall–Kier alpha value is -1.42. The van der Waals surface area contributed by atoms with Crippen molar-refractivity contribution in [3.63, 3.8) is 0 Å². The van der Waals surface area contributed by atoms with Crippen LogP contribution < -0.4 is 0 Å². The molecule has 1 heterocycles. The van der Waals surface area contributed by atoms with E-state index in [0.717, 1.165) is 5.56 Å². The highest BCUT2D eigenvalue weighted by Crippen LogP contribution is 2.19. The predicted molar refractivity (Wildman–Crippen MR) is 57.6 cm³/mol. The van der Waals surface area contributed by atoms with Gasteiger partial charge in [0.05, 0.1) is 0 Å². The number of benzene rings is 1. The summed E-state index contributed by atoms with van der Waals surface area (Å²) < 4.78 is 13.1. The highest BCUT2D eigenvalue weighted by Gasteiger charge is 2.30. The normalized spacial score (nSPS) is 16.1. The second-order valence-electron chi connectivity index (χ2n) is 4.28. The molecule has 86 valence electrons. The van der Waals surface area contributed by atoms with Crippen LogP contribution in [0.25, 0.3) is 0 Å². The lowest BCUT2D eigenvalue weighted by Gasteiger charge is -2.38. The summed E-state index contributed by atoms with van der Waals surface area (Å²) in [4.78, 5) is 13.5. The lowest BCUT2D eigenvalue weighted by Crippen LogP contribution is -2.51. The zero-order valence-corrected chi connectivity index (χ0v) is 9.11. The molecule has 1 aromatic rings. The van der Waals surface area contributed by atoms with Crippen molar-refractivity contribution < 1.29 is 14.3 Å². The number of amides is 1. The van der Waals surface area contributed by atoms with Gasteiger partial charge < -0.3 is 10.0 Å². The number of carbonyl (C=O) groups excluding carboxylic acids is 1. The van der Waals surface area contributed by atoms with Gasteiger partial charge in [0.1, 0.15) is 5.82 Å². The van der Waals surface area contributed by atoms with Gasteiger partial charge >= 0.3 is 0 Å². The van der Waals surface area contributed by atoms with Crippen LogP contribution in [0.1, 0.15) is 15.9 Å². The van der Waals surface area contributed by atoms with Gasteiger partial charge in [0.2, 0.25) is 0 Å². The molecule has 0 spiro atoms. The summed E-state index contributed by atoms with van der Waals surface area (Å²) in [5.41, 5.74) is 1.12. The SMILES string of the molecule is Cc1cc(F)cc(C(=O)N2CC(CO)C2)c1. The maximum absolute atomic E-state index is 13.1. The van der Waals surface area contributed by atoms with E-state index < -0.39 is 0 Å². The maximum Gasteiger partial charge on any atom is 0.253 e. The van der Waals surface area contributed by atoms with E-state index in [4.69, 9.17) is 5.11 Å². The van der Waals surface area contributed by atoms with Gasteiger partial charge in [-0.1, -0.05) is 0 Å². The van der Waals surface area contributed by atoms with Crippen LogP contribution in [0.2, 0.25) is 0 Å². The van der Waals surface area contributed by atoms with E-state index in [1.807, 2.05) is 0 Å². The van der Waals surface area contributed by atoms with Crippen molar-refractivity contribution in [3.8, 4) is 0 Å². The van der Waals surface area contributed by atoms with Crippen molar-refractivity contribution in [1.29, 1.82) is 0 Å². The Labute approximate surface area is 93.5 Å². The van der Waals surface area contributed by atoms with Crippen LogP contribution in [0.5, 0.6) is 0 Å². The predicted octanol–water partition coefficient (Wildman–Crippen LogP) is 1.20. The quantitative estimate of drug-likeness (QED) is 0.818. The summed E-state index contributed by atoms with van der Waals surface area (Å²) in [6.07, 6.45) is 0. The molecule has 0 saturated carbocycles. The Morgan fingerprint density at radius 2 is 2.19 bits per heavy atom. The van der Waals surface area contributed by atoms with Crippen molar-refractivity contribution in [1.82, 2.24) is 4.90 Å². The molecule has 3 nitrogen and oxygen atoms in total. The molecule has 0 aliphatic carbocycles.